The van der Waals surface area contributed by atoms with E-state index in [9.17, 15) is 14.4 Å². The molecule has 0 aromatic heterocycles. The van der Waals surface area contributed by atoms with Crippen molar-refractivity contribution < 1.29 is 28.6 Å². The zero-order valence-electron chi connectivity index (χ0n) is 28.0. The molecule has 248 valence electrons. The Hall–Kier alpha value is -1.59. The lowest BCUT2D eigenvalue weighted by atomic mass is 10.1. The summed E-state index contributed by atoms with van der Waals surface area (Å²) in [7, 11) is 0. The molecule has 0 bridgehead atoms. The lowest BCUT2D eigenvalue weighted by Crippen LogP contribution is -2.30. The Balaban J connectivity index is 4.13. The normalized spacial score (nSPS) is 11.8. The molecule has 42 heavy (non-hydrogen) atoms. The van der Waals surface area contributed by atoms with Crippen LogP contribution in [-0.2, 0) is 28.6 Å². The van der Waals surface area contributed by atoms with Crippen LogP contribution in [0.2, 0.25) is 0 Å². The Bertz CT molecular complexity index is 620. The smallest absolute Gasteiger partial charge is 0.306 e. The molecule has 0 aliphatic rings. The number of rotatable bonds is 32. The van der Waals surface area contributed by atoms with Gasteiger partial charge in [-0.3, -0.25) is 14.4 Å². The van der Waals surface area contributed by atoms with E-state index in [2.05, 4.69) is 13.8 Å². The first-order valence-corrected chi connectivity index (χ1v) is 18.0. The van der Waals surface area contributed by atoms with Crippen LogP contribution in [0.3, 0.4) is 0 Å². The molecule has 0 heterocycles. The van der Waals surface area contributed by atoms with E-state index < -0.39 is 6.10 Å². The Morgan fingerprint density at radius 2 is 0.667 bits per heavy atom. The highest BCUT2D eigenvalue weighted by Gasteiger charge is 2.19. The van der Waals surface area contributed by atoms with E-state index in [-0.39, 0.29) is 31.1 Å². The standard InChI is InChI=1S/C36H68O6/c1-4-7-10-12-14-16-18-20-22-24-26-29-35(38)41-32-33(31-40-34(37)28-9-6-3)42-36(39)30-27-25-23-21-19-17-15-13-11-8-5-2/h33H,4-32H2,1-3H3. The van der Waals surface area contributed by atoms with Crippen molar-refractivity contribution in [2.45, 2.75) is 200 Å². The minimum Gasteiger partial charge on any atom is -0.462 e. The zero-order chi connectivity index (χ0) is 30.9. The van der Waals surface area contributed by atoms with Crippen molar-refractivity contribution in [3.63, 3.8) is 0 Å². The van der Waals surface area contributed by atoms with Crippen LogP contribution in [0.15, 0.2) is 0 Å². The van der Waals surface area contributed by atoms with Crippen molar-refractivity contribution in [3.05, 3.63) is 0 Å². The first-order chi connectivity index (χ1) is 20.5. The molecule has 6 nitrogen and oxygen atoms in total. The van der Waals surface area contributed by atoms with Gasteiger partial charge in [0.1, 0.15) is 13.2 Å². The molecule has 1 atom stereocenters. The first-order valence-electron chi connectivity index (χ1n) is 18.0. The van der Waals surface area contributed by atoms with Crippen molar-refractivity contribution in [3.8, 4) is 0 Å². The highest BCUT2D eigenvalue weighted by atomic mass is 16.6. The van der Waals surface area contributed by atoms with Crippen LogP contribution in [-0.4, -0.2) is 37.2 Å². The van der Waals surface area contributed by atoms with Crippen molar-refractivity contribution in [1.29, 1.82) is 0 Å². The van der Waals surface area contributed by atoms with E-state index in [1.54, 1.807) is 0 Å². The van der Waals surface area contributed by atoms with Crippen LogP contribution in [0.5, 0.6) is 0 Å². The van der Waals surface area contributed by atoms with E-state index in [0.717, 1.165) is 51.4 Å². The van der Waals surface area contributed by atoms with Gasteiger partial charge in [-0.2, -0.15) is 0 Å². The van der Waals surface area contributed by atoms with Crippen molar-refractivity contribution in [1.82, 2.24) is 0 Å². The van der Waals surface area contributed by atoms with Gasteiger partial charge in [-0.25, -0.2) is 0 Å². The summed E-state index contributed by atoms with van der Waals surface area (Å²) in [5, 5.41) is 0. The molecule has 0 fully saturated rings. The van der Waals surface area contributed by atoms with Crippen molar-refractivity contribution >= 4 is 17.9 Å². The van der Waals surface area contributed by atoms with Crippen molar-refractivity contribution in [2.24, 2.45) is 0 Å². The largest absolute Gasteiger partial charge is 0.462 e. The lowest BCUT2D eigenvalue weighted by Gasteiger charge is -2.18. The third-order valence-corrected chi connectivity index (χ3v) is 7.86. The van der Waals surface area contributed by atoms with Gasteiger partial charge in [0.2, 0.25) is 0 Å². The molecule has 0 amide bonds. The van der Waals surface area contributed by atoms with Crippen LogP contribution >= 0.6 is 0 Å². The Labute approximate surface area is 259 Å². The highest BCUT2D eigenvalue weighted by Crippen LogP contribution is 2.14. The maximum Gasteiger partial charge on any atom is 0.306 e. The molecule has 1 unspecified atom stereocenters. The van der Waals surface area contributed by atoms with Gasteiger partial charge in [-0.1, -0.05) is 156 Å². The number of carbonyl (C=O) groups is 3. The average molecular weight is 597 g/mol. The van der Waals surface area contributed by atoms with Gasteiger partial charge in [0.25, 0.3) is 0 Å². The maximum atomic E-state index is 12.5. The second-order valence-corrected chi connectivity index (χ2v) is 12.2. The molecule has 0 aromatic carbocycles. The van der Waals surface area contributed by atoms with Crippen molar-refractivity contribution in [2.75, 3.05) is 13.2 Å². The summed E-state index contributed by atoms with van der Waals surface area (Å²) in [6, 6.07) is 0. The van der Waals surface area contributed by atoms with Gasteiger partial charge in [0, 0.05) is 19.3 Å². The fourth-order valence-electron chi connectivity index (χ4n) is 5.07. The molecule has 0 spiro atoms. The van der Waals surface area contributed by atoms with Crippen LogP contribution in [0.4, 0.5) is 0 Å². The van der Waals surface area contributed by atoms with Gasteiger partial charge in [0.15, 0.2) is 6.10 Å². The highest BCUT2D eigenvalue weighted by molar-refractivity contribution is 5.71. The van der Waals surface area contributed by atoms with Crippen LogP contribution in [0, 0.1) is 0 Å². The number of ether oxygens (including phenoxy) is 3. The lowest BCUT2D eigenvalue weighted by molar-refractivity contribution is -0.167. The number of esters is 3. The predicted molar refractivity (Wildman–Crippen MR) is 173 cm³/mol. The molecular formula is C36H68O6. The second-order valence-electron chi connectivity index (χ2n) is 12.2. The van der Waals surface area contributed by atoms with E-state index >= 15 is 0 Å². The Morgan fingerprint density at radius 3 is 1.02 bits per heavy atom. The summed E-state index contributed by atoms with van der Waals surface area (Å²) in [5.41, 5.74) is 0. The fourth-order valence-corrected chi connectivity index (χ4v) is 5.07. The van der Waals surface area contributed by atoms with Gasteiger partial charge in [0.05, 0.1) is 0 Å². The monoisotopic (exact) mass is 597 g/mol. The molecule has 0 saturated heterocycles. The quantitative estimate of drug-likeness (QED) is 0.0436. The average Bonchev–Trinajstić information content (AvgIpc) is 2.98. The minimum absolute atomic E-state index is 0.0675. The van der Waals surface area contributed by atoms with Crippen LogP contribution in [0.1, 0.15) is 194 Å². The summed E-state index contributed by atoms with van der Waals surface area (Å²) in [6.07, 6.45) is 28.9. The van der Waals surface area contributed by atoms with E-state index in [4.69, 9.17) is 14.2 Å². The zero-order valence-corrected chi connectivity index (χ0v) is 28.0. The first kappa shape index (κ1) is 40.4. The molecule has 0 saturated carbocycles. The SMILES string of the molecule is CCCCCCCCCCCCCC(=O)OCC(COC(=O)CCCC)OC(=O)CCCCCCCCCCCCC. The summed E-state index contributed by atoms with van der Waals surface area (Å²) in [4.78, 5) is 36.7. The number of carbonyl (C=O) groups excluding carboxylic acids is 3. The van der Waals surface area contributed by atoms with E-state index in [0.29, 0.717) is 19.3 Å². The van der Waals surface area contributed by atoms with Crippen LogP contribution in [0.25, 0.3) is 0 Å². The van der Waals surface area contributed by atoms with Gasteiger partial charge >= 0.3 is 17.9 Å². The molecular weight excluding hydrogens is 528 g/mol. The predicted octanol–water partition coefficient (Wildman–Crippen LogP) is 10.6. The van der Waals surface area contributed by atoms with Crippen LogP contribution < -0.4 is 0 Å². The molecule has 0 aromatic rings. The molecule has 0 rings (SSSR count). The summed E-state index contributed by atoms with van der Waals surface area (Å²) >= 11 is 0. The van der Waals surface area contributed by atoms with Gasteiger partial charge in [-0.15, -0.1) is 0 Å². The molecule has 6 heteroatoms. The number of hydrogen-bond acceptors (Lipinski definition) is 6. The topological polar surface area (TPSA) is 78.9 Å². The maximum absolute atomic E-state index is 12.5. The Kier molecular flexibility index (Phi) is 31.1. The summed E-state index contributed by atoms with van der Waals surface area (Å²) < 4.78 is 16.3. The second kappa shape index (κ2) is 32.3. The number of hydrogen-bond donors (Lipinski definition) is 0. The Morgan fingerprint density at radius 1 is 0.381 bits per heavy atom. The van der Waals surface area contributed by atoms with E-state index in [1.807, 2.05) is 6.92 Å². The molecule has 0 N–H and O–H groups in total. The fraction of sp³-hybridized carbons (Fsp3) is 0.917. The van der Waals surface area contributed by atoms with E-state index in [1.165, 1.54) is 103 Å². The third-order valence-electron chi connectivity index (χ3n) is 7.86. The molecule has 0 aliphatic carbocycles. The summed E-state index contributed by atoms with van der Waals surface area (Å²) in [5.74, 6) is -0.910. The summed E-state index contributed by atoms with van der Waals surface area (Å²) in [6.45, 7) is 6.37. The minimum atomic E-state index is -0.753. The van der Waals surface area contributed by atoms with Gasteiger partial charge in [-0.05, 0) is 19.3 Å². The molecule has 0 aliphatic heterocycles. The molecule has 0 radical (unpaired) electrons. The third kappa shape index (κ3) is 29.9. The number of unbranched alkanes of at least 4 members (excludes halogenated alkanes) is 21. The van der Waals surface area contributed by atoms with Gasteiger partial charge < -0.3 is 14.2 Å².